The molecule has 1 aromatic carbocycles. The lowest BCUT2D eigenvalue weighted by Gasteiger charge is -2.38. The fourth-order valence-electron chi connectivity index (χ4n) is 1.76. The molecule has 1 fully saturated rings. The number of carbonyl (C=O) groups is 1. The minimum Gasteiger partial charge on any atom is -0.453 e. The van der Waals surface area contributed by atoms with Gasteiger partial charge >= 0.3 is 6.09 Å². The molecule has 0 radical (unpaired) electrons. The minimum absolute atomic E-state index is 0.0931. The molecule has 2 rings (SSSR count). The van der Waals surface area contributed by atoms with Crippen molar-refractivity contribution >= 4 is 17.5 Å². The molecule has 0 aromatic heterocycles. The first kappa shape index (κ1) is 13.6. The lowest BCUT2D eigenvalue weighted by atomic mass is 9.89. The molecule has 0 bridgehead atoms. The van der Waals surface area contributed by atoms with E-state index in [1.54, 1.807) is 6.07 Å². The van der Waals surface area contributed by atoms with Crippen molar-refractivity contribution in [1.29, 1.82) is 0 Å². The largest absolute Gasteiger partial charge is 0.453 e. The van der Waals surface area contributed by atoms with Gasteiger partial charge in [0.05, 0.1) is 26.0 Å². The Balaban J connectivity index is 1.96. The number of hydrogen-bond acceptors (Lipinski definition) is 4. The van der Waals surface area contributed by atoms with Gasteiger partial charge in [-0.2, -0.15) is 0 Å². The van der Waals surface area contributed by atoms with Crippen LogP contribution >= 0.6 is 0 Å². The Labute approximate surface area is 111 Å². The highest BCUT2D eigenvalue weighted by Crippen LogP contribution is 2.27. The van der Waals surface area contributed by atoms with Crippen molar-refractivity contribution < 1.29 is 18.7 Å². The lowest BCUT2D eigenvalue weighted by Crippen LogP contribution is -2.45. The molecule has 6 heteroatoms. The molecule has 1 saturated heterocycles. The number of ether oxygens (including phenoxy) is 2. The van der Waals surface area contributed by atoms with E-state index in [1.165, 1.54) is 19.2 Å². The molecule has 1 aliphatic heterocycles. The Kier molecular flexibility index (Phi) is 3.90. The number of rotatable bonds is 4. The van der Waals surface area contributed by atoms with Gasteiger partial charge in [-0.05, 0) is 18.2 Å². The van der Waals surface area contributed by atoms with E-state index in [0.717, 1.165) is 6.54 Å². The first-order valence-electron chi connectivity index (χ1n) is 5.99. The summed E-state index contributed by atoms with van der Waals surface area (Å²) in [4.78, 5) is 11.0. The van der Waals surface area contributed by atoms with Crippen molar-refractivity contribution in [2.24, 2.45) is 5.41 Å². The summed E-state index contributed by atoms with van der Waals surface area (Å²) in [7, 11) is 1.23. The predicted octanol–water partition coefficient (Wildman–Crippen LogP) is 2.45. The first-order chi connectivity index (χ1) is 9.02. The van der Waals surface area contributed by atoms with E-state index >= 15 is 0 Å². The minimum atomic E-state index is -0.696. The van der Waals surface area contributed by atoms with Gasteiger partial charge in [0.1, 0.15) is 5.82 Å². The third kappa shape index (κ3) is 3.35. The fraction of sp³-hybridized carbons (Fsp3) is 0.462. The lowest BCUT2D eigenvalue weighted by molar-refractivity contribution is -0.0924. The van der Waals surface area contributed by atoms with Gasteiger partial charge in [-0.25, -0.2) is 9.18 Å². The smallest absolute Gasteiger partial charge is 0.411 e. The van der Waals surface area contributed by atoms with Gasteiger partial charge < -0.3 is 14.8 Å². The Morgan fingerprint density at radius 1 is 1.53 bits per heavy atom. The van der Waals surface area contributed by atoms with E-state index in [4.69, 9.17) is 4.74 Å². The maximum atomic E-state index is 13.7. The summed E-state index contributed by atoms with van der Waals surface area (Å²) in [5.41, 5.74) is 0.871. The molecule has 5 nitrogen and oxygen atoms in total. The first-order valence-corrected chi connectivity index (χ1v) is 5.99. The van der Waals surface area contributed by atoms with Gasteiger partial charge in [0.25, 0.3) is 0 Å². The van der Waals surface area contributed by atoms with Gasteiger partial charge in [0, 0.05) is 17.6 Å². The molecule has 0 atom stereocenters. The summed E-state index contributed by atoms with van der Waals surface area (Å²) in [6, 6.07) is 4.54. The second-order valence-corrected chi connectivity index (χ2v) is 4.97. The number of amides is 1. The highest BCUT2D eigenvalue weighted by Gasteiger charge is 2.32. The Bertz CT molecular complexity index is 475. The second kappa shape index (κ2) is 5.44. The van der Waals surface area contributed by atoms with Gasteiger partial charge in [0.15, 0.2) is 0 Å². The molecular formula is C13H17FN2O3. The Morgan fingerprint density at radius 2 is 2.26 bits per heavy atom. The van der Waals surface area contributed by atoms with Crippen LogP contribution in [0.1, 0.15) is 6.92 Å². The molecule has 0 aliphatic carbocycles. The van der Waals surface area contributed by atoms with Crippen LogP contribution in [-0.4, -0.2) is 33.0 Å². The Hall–Kier alpha value is -1.82. The van der Waals surface area contributed by atoms with Crippen LogP contribution in [0.3, 0.4) is 0 Å². The molecule has 1 aliphatic rings. The number of methoxy groups -OCH3 is 1. The zero-order valence-corrected chi connectivity index (χ0v) is 11.0. The summed E-state index contributed by atoms with van der Waals surface area (Å²) < 4.78 is 23.3. The number of anilines is 2. The highest BCUT2D eigenvalue weighted by atomic mass is 19.1. The Morgan fingerprint density at radius 3 is 2.79 bits per heavy atom. The van der Waals surface area contributed by atoms with Crippen molar-refractivity contribution in [2.45, 2.75) is 6.92 Å². The molecule has 0 spiro atoms. The van der Waals surface area contributed by atoms with Crippen LogP contribution in [-0.2, 0) is 9.47 Å². The summed E-state index contributed by atoms with van der Waals surface area (Å²) >= 11 is 0. The zero-order valence-electron chi connectivity index (χ0n) is 11.0. The van der Waals surface area contributed by atoms with Crippen molar-refractivity contribution in [3.05, 3.63) is 24.0 Å². The van der Waals surface area contributed by atoms with Crippen LogP contribution in [0.15, 0.2) is 18.2 Å². The monoisotopic (exact) mass is 268 g/mol. The van der Waals surface area contributed by atoms with Crippen molar-refractivity contribution in [1.82, 2.24) is 0 Å². The van der Waals surface area contributed by atoms with Crippen LogP contribution in [0, 0.1) is 11.2 Å². The molecule has 0 unspecified atom stereocenters. The number of carbonyl (C=O) groups excluding carboxylic acids is 1. The average Bonchev–Trinajstić information content (AvgIpc) is 2.36. The summed E-state index contributed by atoms with van der Waals surface area (Å²) in [6.45, 7) is 4.25. The SMILES string of the molecule is COC(=O)Nc1ccc(NCC2(C)COC2)cc1F. The van der Waals surface area contributed by atoms with Gasteiger partial charge in [-0.15, -0.1) is 0 Å². The maximum absolute atomic E-state index is 13.7. The number of halogens is 1. The molecule has 1 heterocycles. The zero-order chi connectivity index (χ0) is 13.9. The molecule has 104 valence electrons. The van der Waals surface area contributed by atoms with Gasteiger partial charge in [-0.1, -0.05) is 6.92 Å². The van der Waals surface area contributed by atoms with E-state index in [2.05, 4.69) is 22.3 Å². The molecule has 19 heavy (non-hydrogen) atoms. The number of benzene rings is 1. The highest BCUT2D eigenvalue weighted by molar-refractivity contribution is 5.84. The van der Waals surface area contributed by atoms with E-state index in [-0.39, 0.29) is 11.1 Å². The van der Waals surface area contributed by atoms with E-state index in [1.807, 2.05) is 0 Å². The van der Waals surface area contributed by atoms with Crippen LogP contribution in [0.4, 0.5) is 20.6 Å². The van der Waals surface area contributed by atoms with Gasteiger partial charge in [-0.3, -0.25) is 5.32 Å². The molecular weight excluding hydrogens is 251 g/mol. The second-order valence-electron chi connectivity index (χ2n) is 4.97. The van der Waals surface area contributed by atoms with Crippen LogP contribution in [0.5, 0.6) is 0 Å². The predicted molar refractivity (Wildman–Crippen MR) is 69.8 cm³/mol. The van der Waals surface area contributed by atoms with Crippen molar-refractivity contribution in [3.63, 3.8) is 0 Å². The third-order valence-electron chi connectivity index (χ3n) is 3.01. The molecule has 1 amide bonds. The van der Waals surface area contributed by atoms with Crippen LogP contribution in [0.25, 0.3) is 0 Å². The van der Waals surface area contributed by atoms with E-state index in [0.29, 0.717) is 18.9 Å². The van der Waals surface area contributed by atoms with Gasteiger partial charge in [0.2, 0.25) is 0 Å². The third-order valence-corrected chi connectivity index (χ3v) is 3.01. The summed E-state index contributed by atoms with van der Waals surface area (Å²) in [6.07, 6.45) is -0.696. The molecule has 1 aromatic rings. The van der Waals surface area contributed by atoms with Crippen molar-refractivity contribution in [2.75, 3.05) is 37.5 Å². The fourth-order valence-corrected chi connectivity index (χ4v) is 1.76. The molecule has 0 saturated carbocycles. The summed E-state index contributed by atoms with van der Waals surface area (Å²) in [5, 5.41) is 5.46. The van der Waals surface area contributed by atoms with Crippen LogP contribution < -0.4 is 10.6 Å². The average molecular weight is 268 g/mol. The quantitative estimate of drug-likeness (QED) is 0.880. The summed E-state index contributed by atoms with van der Waals surface area (Å²) in [5.74, 6) is -0.509. The standard InChI is InChI=1S/C13H17FN2O3/c1-13(7-19-8-13)6-15-9-3-4-11(10(14)5-9)16-12(17)18-2/h3-5,15H,6-8H2,1-2H3,(H,16,17). The van der Waals surface area contributed by atoms with E-state index in [9.17, 15) is 9.18 Å². The van der Waals surface area contributed by atoms with Crippen LogP contribution in [0.2, 0.25) is 0 Å². The van der Waals surface area contributed by atoms with E-state index < -0.39 is 11.9 Å². The normalized spacial score (nSPS) is 16.4. The van der Waals surface area contributed by atoms with Crippen molar-refractivity contribution in [3.8, 4) is 0 Å². The topological polar surface area (TPSA) is 59.6 Å². The molecule has 2 N–H and O–H groups in total. The maximum Gasteiger partial charge on any atom is 0.411 e. The number of nitrogens with one attached hydrogen (secondary N) is 2. The number of hydrogen-bond donors (Lipinski definition) is 2.